The van der Waals surface area contributed by atoms with E-state index in [4.69, 9.17) is 0 Å². The van der Waals surface area contributed by atoms with Crippen LogP contribution in [0.3, 0.4) is 0 Å². The zero-order valence-corrected chi connectivity index (χ0v) is 13.6. The van der Waals surface area contributed by atoms with E-state index in [1.54, 1.807) is 11.3 Å². The summed E-state index contributed by atoms with van der Waals surface area (Å²) in [6.07, 6.45) is 1.84. The molecule has 1 aromatic carbocycles. The summed E-state index contributed by atoms with van der Waals surface area (Å²) in [6.45, 7) is 4.28. The van der Waals surface area contributed by atoms with Crippen molar-refractivity contribution in [2.45, 2.75) is 20.4 Å². The first-order valence-electron chi connectivity index (χ1n) is 7.29. The van der Waals surface area contributed by atoms with E-state index < -0.39 is 0 Å². The first kappa shape index (κ1) is 14.0. The molecule has 0 radical (unpaired) electrons. The third-order valence-electron chi connectivity index (χ3n) is 3.85. The fraction of sp³-hybridized carbons (Fsp3) is 0.188. The molecule has 0 aliphatic carbocycles. The molecule has 3 aromatic heterocycles. The number of imidazole rings is 1. The van der Waals surface area contributed by atoms with Crippen LogP contribution in [0, 0.1) is 13.8 Å². The lowest BCUT2D eigenvalue weighted by Crippen LogP contribution is -2.24. The summed E-state index contributed by atoms with van der Waals surface area (Å²) >= 11 is 1.54. The predicted molar refractivity (Wildman–Crippen MR) is 89.8 cm³/mol. The van der Waals surface area contributed by atoms with E-state index in [9.17, 15) is 4.79 Å². The molecule has 0 unspecified atom stereocenters. The molecule has 0 aliphatic rings. The summed E-state index contributed by atoms with van der Waals surface area (Å²) in [4.78, 5) is 21.0. The number of amides is 1. The number of aryl methyl sites for hydroxylation is 2. The fourth-order valence-electron chi connectivity index (χ4n) is 2.73. The second kappa shape index (κ2) is 5.20. The summed E-state index contributed by atoms with van der Waals surface area (Å²) in [7, 11) is 0. The lowest BCUT2D eigenvalue weighted by atomic mass is 10.1. The van der Waals surface area contributed by atoms with Gasteiger partial charge in [-0.05, 0) is 32.0 Å². The Morgan fingerprint density at radius 3 is 3.09 bits per heavy atom. The lowest BCUT2D eigenvalue weighted by Gasteiger charge is -2.06. The van der Waals surface area contributed by atoms with E-state index in [0.29, 0.717) is 12.1 Å². The van der Waals surface area contributed by atoms with Gasteiger partial charge in [0.1, 0.15) is 5.01 Å². The van der Waals surface area contributed by atoms with Crippen molar-refractivity contribution in [1.29, 1.82) is 0 Å². The largest absolute Gasteiger partial charge is 0.361 e. The number of nitrogens with one attached hydrogen (secondary N) is 2. The van der Waals surface area contributed by atoms with Crippen molar-refractivity contribution in [2.24, 2.45) is 0 Å². The average Bonchev–Trinajstić information content (AvgIpc) is 3.19. The molecule has 0 fully saturated rings. The van der Waals surface area contributed by atoms with E-state index in [-0.39, 0.29) is 5.91 Å². The molecule has 0 bridgehead atoms. The summed E-state index contributed by atoms with van der Waals surface area (Å²) in [5.41, 5.74) is 3.43. The molecule has 0 saturated heterocycles. The zero-order chi connectivity index (χ0) is 16.0. The van der Waals surface area contributed by atoms with Gasteiger partial charge in [0.2, 0.25) is 4.96 Å². The molecule has 4 rings (SSSR count). The molecular weight excluding hydrogens is 310 g/mol. The van der Waals surface area contributed by atoms with Gasteiger partial charge in [-0.15, -0.1) is 0 Å². The topological polar surface area (TPSA) is 75.1 Å². The maximum Gasteiger partial charge on any atom is 0.252 e. The molecule has 6 nitrogen and oxygen atoms in total. The van der Waals surface area contributed by atoms with Crippen LogP contribution in [0.2, 0.25) is 0 Å². The highest BCUT2D eigenvalue weighted by molar-refractivity contribution is 7.16. The van der Waals surface area contributed by atoms with Crippen LogP contribution < -0.4 is 5.32 Å². The molecule has 0 spiro atoms. The monoisotopic (exact) mass is 325 g/mol. The SMILES string of the molecule is Cc1nn2c(CNC(=O)c3cccc4[nH]ccc34)c(C)nc2s1. The Kier molecular flexibility index (Phi) is 3.16. The van der Waals surface area contributed by atoms with E-state index in [2.05, 4.69) is 20.4 Å². The van der Waals surface area contributed by atoms with Crippen molar-refractivity contribution in [3.05, 3.63) is 52.4 Å². The normalized spacial score (nSPS) is 11.4. The van der Waals surface area contributed by atoms with Gasteiger partial charge in [0.05, 0.1) is 17.9 Å². The van der Waals surface area contributed by atoms with Crippen molar-refractivity contribution in [1.82, 2.24) is 24.9 Å². The molecular formula is C16H15N5OS. The summed E-state index contributed by atoms with van der Waals surface area (Å²) < 4.78 is 1.81. The smallest absolute Gasteiger partial charge is 0.252 e. The lowest BCUT2D eigenvalue weighted by molar-refractivity contribution is 0.0952. The van der Waals surface area contributed by atoms with Gasteiger partial charge < -0.3 is 10.3 Å². The van der Waals surface area contributed by atoms with E-state index in [0.717, 1.165) is 32.3 Å². The van der Waals surface area contributed by atoms with E-state index in [1.165, 1.54) is 0 Å². The van der Waals surface area contributed by atoms with Gasteiger partial charge in [0.15, 0.2) is 0 Å². The van der Waals surface area contributed by atoms with E-state index in [1.807, 2.05) is 48.8 Å². The Labute approximate surface area is 136 Å². The van der Waals surface area contributed by atoms with Gasteiger partial charge in [-0.25, -0.2) is 9.50 Å². The zero-order valence-electron chi connectivity index (χ0n) is 12.8. The molecule has 4 aromatic rings. The minimum absolute atomic E-state index is 0.100. The van der Waals surface area contributed by atoms with Crippen LogP contribution in [0.1, 0.15) is 26.8 Å². The molecule has 0 saturated carbocycles. The number of aromatic amines is 1. The molecule has 23 heavy (non-hydrogen) atoms. The third kappa shape index (κ3) is 2.29. The Morgan fingerprint density at radius 1 is 1.35 bits per heavy atom. The predicted octanol–water partition coefficient (Wildman–Crippen LogP) is 2.82. The highest BCUT2D eigenvalue weighted by atomic mass is 32.1. The Balaban J connectivity index is 1.62. The van der Waals surface area contributed by atoms with Crippen molar-refractivity contribution in [2.75, 3.05) is 0 Å². The first-order valence-corrected chi connectivity index (χ1v) is 8.11. The van der Waals surface area contributed by atoms with Crippen LogP contribution in [-0.2, 0) is 6.54 Å². The Morgan fingerprint density at radius 2 is 2.22 bits per heavy atom. The average molecular weight is 325 g/mol. The van der Waals surface area contributed by atoms with Crippen molar-refractivity contribution in [3.63, 3.8) is 0 Å². The number of fused-ring (bicyclic) bond motifs is 2. The quantitative estimate of drug-likeness (QED) is 0.608. The van der Waals surface area contributed by atoms with Gasteiger partial charge >= 0.3 is 0 Å². The van der Waals surface area contributed by atoms with Crippen molar-refractivity contribution < 1.29 is 4.79 Å². The second-order valence-corrected chi connectivity index (χ2v) is 6.55. The molecule has 116 valence electrons. The summed E-state index contributed by atoms with van der Waals surface area (Å²) in [6, 6.07) is 7.57. The standard InChI is InChI=1S/C16H15N5OS/c1-9-14(21-16(19-9)23-10(2)20-21)8-18-15(22)12-4-3-5-13-11(12)6-7-17-13/h3-7,17H,8H2,1-2H3,(H,18,22). The van der Waals surface area contributed by atoms with Gasteiger partial charge in [0, 0.05) is 22.7 Å². The molecule has 7 heteroatoms. The number of carbonyl (C=O) groups is 1. The molecule has 2 N–H and O–H groups in total. The van der Waals surface area contributed by atoms with Gasteiger partial charge in [-0.2, -0.15) is 5.10 Å². The summed E-state index contributed by atoms with van der Waals surface area (Å²) in [5, 5.41) is 9.30. The summed E-state index contributed by atoms with van der Waals surface area (Å²) in [5.74, 6) is -0.100. The van der Waals surface area contributed by atoms with Crippen LogP contribution in [0.5, 0.6) is 0 Å². The molecule has 1 amide bonds. The number of nitrogens with zero attached hydrogens (tertiary/aromatic N) is 3. The van der Waals surface area contributed by atoms with Crippen LogP contribution in [0.25, 0.3) is 15.9 Å². The number of carbonyl (C=O) groups excluding carboxylic acids is 1. The Hall–Kier alpha value is -2.67. The third-order valence-corrected chi connectivity index (χ3v) is 4.68. The van der Waals surface area contributed by atoms with Gasteiger partial charge in [0.25, 0.3) is 5.91 Å². The maximum atomic E-state index is 12.5. The fourth-order valence-corrected chi connectivity index (χ4v) is 3.54. The number of hydrogen-bond acceptors (Lipinski definition) is 4. The van der Waals surface area contributed by atoms with Crippen LogP contribution >= 0.6 is 11.3 Å². The highest BCUT2D eigenvalue weighted by Gasteiger charge is 2.15. The van der Waals surface area contributed by atoms with Gasteiger partial charge in [-0.1, -0.05) is 17.4 Å². The number of aromatic nitrogens is 4. The van der Waals surface area contributed by atoms with Crippen molar-refractivity contribution >= 4 is 33.1 Å². The number of rotatable bonds is 3. The van der Waals surface area contributed by atoms with Crippen molar-refractivity contribution in [3.8, 4) is 0 Å². The number of benzene rings is 1. The van der Waals surface area contributed by atoms with Crippen LogP contribution in [0.4, 0.5) is 0 Å². The minimum Gasteiger partial charge on any atom is -0.361 e. The molecule has 0 aliphatic heterocycles. The van der Waals surface area contributed by atoms with Crippen LogP contribution in [0.15, 0.2) is 30.5 Å². The number of hydrogen-bond donors (Lipinski definition) is 2. The second-order valence-electron chi connectivity index (χ2n) is 5.39. The van der Waals surface area contributed by atoms with Gasteiger partial charge in [-0.3, -0.25) is 4.79 Å². The van der Waals surface area contributed by atoms with Crippen LogP contribution in [-0.4, -0.2) is 25.5 Å². The van der Waals surface area contributed by atoms with E-state index >= 15 is 0 Å². The number of H-pyrrole nitrogens is 1. The minimum atomic E-state index is -0.100. The molecule has 0 atom stereocenters. The molecule has 3 heterocycles. The maximum absolute atomic E-state index is 12.5. The first-order chi connectivity index (χ1) is 11.1. The highest BCUT2D eigenvalue weighted by Crippen LogP contribution is 2.19. The Bertz CT molecular complexity index is 1030.